The van der Waals surface area contributed by atoms with Crippen LogP contribution < -0.4 is 15.5 Å². The van der Waals surface area contributed by atoms with Crippen molar-refractivity contribution in [1.29, 1.82) is 0 Å². The first-order chi connectivity index (χ1) is 15.6. The van der Waals surface area contributed by atoms with Gasteiger partial charge in [0, 0.05) is 57.4 Å². The zero-order chi connectivity index (χ0) is 22.3. The van der Waals surface area contributed by atoms with Crippen molar-refractivity contribution in [2.45, 2.75) is 12.8 Å². The van der Waals surface area contributed by atoms with Crippen molar-refractivity contribution in [3.8, 4) is 5.69 Å². The molecule has 0 aliphatic carbocycles. The van der Waals surface area contributed by atoms with Crippen LogP contribution in [0, 0.1) is 17.6 Å². The molecule has 0 saturated carbocycles. The fraction of sp³-hybridized carbons (Fsp3) is 0.333. The molecule has 2 heterocycles. The summed E-state index contributed by atoms with van der Waals surface area (Å²) >= 11 is 0. The summed E-state index contributed by atoms with van der Waals surface area (Å²) in [6, 6.07) is 14.3. The van der Waals surface area contributed by atoms with Crippen molar-refractivity contribution < 1.29 is 8.78 Å². The van der Waals surface area contributed by atoms with Crippen LogP contribution in [0.5, 0.6) is 0 Å². The number of aromatic nitrogens is 2. The van der Waals surface area contributed by atoms with Crippen LogP contribution in [-0.4, -0.2) is 49.0 Å². The van der Waals surface area contributed by atoms with E-state index in [0.717, 1.165) is 56.4 Å². The van der Waals surface area contributed by atoms with Gasteiger partial charge in [-0.1, -0.05) is 12.1 Å². The maximum Gasteiger partial charge on any atom is 0.190 e. The van der Waals surface area contributed by atoms with Crippen LogP contribution in [0.1, 0.15) is 12.0 Å². The Morgan fingerprint density at radius 1 is 1.09 bits per heavy atom. The van der Waals surface area contributed by atoms with Gasteiger partial charge in [0.25, 0.3) is 0 Å². The molecule has 1 saturated heterocycles. The van der Waals surface area contributed by atoms with Crippen LogP contribution >= 0.6 is 0 Å². The van der Waals surface area contributed by atoms with Gasteiger partial charge < -0.3 is 15.5 Å². The first-order valence-corrected chi connectivity index (χ1v) is 10.9. The molecule has 1 aliphatic heterocycles. The number of hydrogen-bond acceptors (Lipinski definition) is 3. The first-order valence-electron chi connectivity index (χ1n) is 10.9. The molecule has 0 radical (unpaired) electrons. The van der Waals surface area contributed by atoms with Gasteiger partial charge in [0.05, 0.1) is 5.69 Å². The molecule has 8 heteroatoms. The van der Waals surface area contributed by atoms with Crippen molar-refractivity contribution >= 4 is 11.6 Å². The lowest BCUT2D eigenvalue weighted by molar-refractivity contribution is 0.508. The molecule has 0 spiro atoms. The molecule has 0 amide bonds. The summed E-state index contributed by atoms with van der Waals surface area (Å²) in [5.74, 6) is -0.430. The van der Waals surface area contributed by atoms with Gasteiger partial charge in [-0.2, -0.15) is 5.10 Å². The molecule has 2 aromatic carbocycles. The summed E-state index contributed by atoms with van der Waals surface area (Å²) < 4.78 is 28.5. The highest BCUT2D eigenvalue weighted by Crippen LogP contribution is 2.25. The fourth-order valence-corrected chi connectivity index (χ4v) is 3.94. The second-order valence-electron chi connectivity index (χ2n) is 7.95. The molecule has 6 nitrogen and oxygen atoms in total. The molecule has 1 aromatic heterocycles. The minimum absolute atomic E-state index is 0.413. The van der Waals surface area contributed by atoms with Crippen LogP contribution in [0.3, 0.4) is 0 Å². The predicted molar refractivity (Wildman–Crippen MR) is 123 cm³/mol. The van der Waals surface area contributed by atoms with Crippen molar-refractivity contribution in [1.82, 2.24) is 20.4 Å². The molecule has 3 aromatic rings. The summed E-state index contributed by atoms with van der Waals surface area (Å²) in [5.41, 5.74) is 3.01. The predicted octanol–water partition coefficient (Wildman–Crippen LogP) is 3.38. The summed E-state index contributed by atoms with van der Waals surface area (Å²) in [7, 11) is 1.76. The lowest BCUT2D eigenvalue weighted by Crippen LogP contribution is -2.41. The largest absolute Gasteiger partial charge is 0.371 e. The molecular weight excluding hydrogens is 410 g/mol. The number of nitrogens with one attached hydrogen (secondary N) is 2. The van der Waals surface area contributed by atoms with Gasteiger partial charge in [0.15, 0.2) is 17.6 Å². The van der Waals surface area contributed by atoms with Gasteiger partial charge in [-0.05, 0) is 54.7 Å². The number of nitrogens with zero attached hydrogens (tertiary/aromatic N) is 4. The molecule has 168 valence electrons. The Morgan fingerprint density at radius 3 is 2.62 bits per heavy atom. The molecule has 0 bridgehead atoms. The number of guanidine groups is 1. The van der Waals surface area contributed by atoms with Crippen LogP contribution in [0.25, 0.3) is 5.69 Å². The molecule has 2 N–H and O–H groups in total. The molecule has 32 heavy (non-hydrogen) atoms. The van der Waals surface area contributed by atoms with Crippen molar-refractivity contribution in [2.75, 3.05) is 38.1 Å². The third-order valence-electron chi connectivity index (χ3n) is 5.75. The molecule has 1 unspecified atom stereocenters. The smallest absolute Gasteiger partial charge is 0.190 e. The summed E-state index contributed by atoms with van der Waals surface area (Å²) in [4.78, 5) is 6.40. The van der Waals surface area contributed by atoms with Crippen LogP contribution in [-0.2, 0) is 6.42 Å². The normalized spacial score (nSPS) is 16.4. The first kappa shape index (κ1) is 21.8. The third-order valence-corrected chi connectivity index (χ3v) is 5.75. The van der Waals surface area contributed by atoms with Gasteiger partial charge in [-0.25, -0.2) is 13.5 Å². The van der Waals surface area contributed by atoms with Gasteiger partial charge in [-0.3, -0.25) is 4.99 Å². The van der Waals surface area contributed by atoms with Crippen molar-refractivity contribution in [3.63, 3.8) is 0 Å². The van der Waals surface area contributed by atoms with Gasteiger partial charge in [0.2, 0.25) is 0 Å². The Hall–Kier alpha value is -3.42. The van der Waals surface area contributed by atoms with Crippen LogP contribution in [0.2, 0.25) is 0 Å². The Bertz CT molecular complexity index is 1030. The standard InChI is InChI=1S/C24H28F2N6/c1-27-24(28-12-9-18-3-5-20(6-4-18)32-13-2-11-30-32)29-16-19-10-14-31(17-19)21-7-8-22(25)23(26)15-21/h2-8,11,13,15,19H,9-10,12,14,16-17H2,1H3,(H2,27,28,29). The zero-order valence-electron chi connectivity index (χ0n) is 18.1. The molecule has 4 rings (SSSR count). The Labute approximate surface area is 187 Å². The maximum absolute atomic E-state index is 13.5. The van der Waals surface area contributed by atoms with E-state index in [1.54, 1.807) is 19.3 Å². The fourth-order valence-electron chi connectivity index (χ4n) is 3.94. The number of anilines is 1. The van der Waals surface area contributed by atoms with Gasteiger partial charge >= 0.3 is 0 Å². The van der Waals surface area contributed by atoms with Gasteiger partial charge in [-0.15, -0.1) is 0 Å². The highest BCUT2D eigenvalue weighted by Gasteiger charge is 2.23. The van der Waals surface area contributed by atoms with E-state index < -0.39 is 11.6 Å². The van der Waals surface area contributed by atoms with E-state index in [1.807, 2.05) is 16.9 Å². The van der Waals surface area contributed by atoms with E-state index in [4.69, 9.17) is 0 Å². The highest BCUT2D eigenvalue weighted by molar-refractivity contribution is 5.79. The Balaban J connectivity index is 1.19. The third kappa shape index (κ3) is 5.43. The summed E-state index contributed by atoms with van der Waals surface area (Å²) in [6.07, 6.45) is 5.56. The van der Waals surface area contributed by atoms with E-state index in [1.165, 1.54) is 17.7 Å². The van der Waals surface area contributed by atoms with Crippen molar-refractivity contribution in [3.05, 3.63) is 78.1 Å². The molecule has 1 atom stereocenters. The Morgan fingerprint density at radius 2 is 1.91 bits per heavy atom. The molecule has 1 fully saturated rings. The number of hydrogen-bond donors (Lipinski definition) is 2. The van der Waals surface area contributed by atoms with Crippen LogP contribution in [0.4, 0.5) is 14.5 Å². The monoisotopic (exact) mass is 438 g/mol. The lowest BCUT2D eigenvalue weighted by atomic mass is 10.1. The van der Waals surface area contributed by atoms with E-state index in [2.05, 4.69) is 49.9 Å². The summed E-state index contributed by atoms with van der Waals surface area (Å²) in [5, 5.41) is 11.0. The maximum atomic E-state index is 13.5. The van der Waals surface area contributed by atoms with E-state index in [-0.39, 0.29) is 0 Å². The lowest BCUT2D eigenvalue weighted by Gasteiger charge is -2.19. The number of aliphatic imine (C=N–C) groups is 1. The van der Waals surface area contributed by atoms with E-state index in [0.29, 0.717) is 5.92 Å². The van der Waals surface area contributed by atoms with Gasteiger partial charge in [0.1, 0.15) is 0 Å². The number of rotatable bonds is 7. The highest BCUT2D eigenvalue weighted by atomic mass is 19.2. The molecular formula is C24H28F2N6. The minimum atomic E-state index is -0.810. The molecule has 1 aliphatic rings. The second kappa shape index (κ2) is 10.3. The topological polar surface area (TPSA) is 57.5 Å². The number of halogens is 2. The summed E-state index contributed by atoms with van der Waals surface area (Å²) in [6.45, 7) is 3.18. The zero-order valence-corrected chi connectivity index (χ0v) is 18.1. The van der Waals surface area contributed by atoms with E-state index >= 15 is 0 Å². The number of benzene rings is 2. The second-order valence-corrected chi connectivity index (χ2v) is 7.95. The quantitative estimate of drug-likeness (QED) is 0.439. The average Bonchev–Trinajstić information content (AvgIpc) is 3.51. The minimum Gasteiger partial charge on any atom is -0.371 e. The van der Waals surface area contributed by atoms with Crippen molar-refractivity contribution in [2.24, 2.45) is 10.9 Å². The Kier molecular flexibility index (Phi) is 6.99. The SMILES string of the molecule is CN=C(NCCc1ccc(-n2cccn2)cc1)NCC1CCN(c2ccc(F)c(F)c2)C1. The van der Waals surface area contributed by atoms with E-state index in [9.17, 15) is 8.78 Å². The average molecular weight is 439 g/mol. The van der Waals surface area contributed by atoms with Crippen LogP contribution in [0.15, 0.2) is 65.9 Å².